The standard InChI is InChI=1S/C17H25BrN2O/c1-17(2,10-12-6-8-14(18)9-7-12)20-16(21)15-5-3-4-13(15)11-19/h6-9,13,15H,3-5,10-11,19H2,1-2H3,(H,20,21)/t13-,15-/m1/s1. The van der Waals surface area contributed by atoms with Crippen molar-refractivity contribution >= 4 is 21.8 Å². The number of carbonyl (C=O) groups is 1. The first kappa shape index (κ1) is 16.5. The molecule has 4 heteroatoms. The van der Waals surface area contributed by atoms with Crippen molar-refractivity contribution in [3.05, 3.63) is 34.3 Å². The Hall–Kier alpha value is -0.870. The number of carbonyl (C=O) groups excluding carboxylic acids is 1. The normalized spacial score (nSPS) is 22.3. The van der Waals surface area contributed by atoms with E-state index >= 15 is 0 Å². The van der Waals surface area contributed by atoms with E-state index in [2.05, 4.69) is 47.2 Å². The summed E-state index contributed by atoms with van der Waals surface area (Å²) in [6, 6.07) is 8.26. The number of benzene rings is 1. The fraction of sp³-hybridized carbons (Fsp3) is 0.588. The van der Waals surface area contributed by atoms with Gasteiger partial charge in [0.2, 0.25) is 5.91 Å². The highest BCUT2D eigenvalue weighted by atomic mass is 79.9. The monoisotopic (exact) mass is 352 g/mol. The van der Waals surface area contributed by atoms with Crippen LogP contribution in [0.15, 0.2) is 28.7 Å². The second kappa shape index (κ2) is 6.93. The summed E-state index contributed by atoms with van der Waals surface area (Å²) in [5, 5.41) is 3.22. The maximum atomic E-state index is 12.5. The third-order valence-corrected chi connectivity index (χ3v) is 4.85. The van der Waals surface area contributed by atoms with E-state index in [9.17, 15) is 4.79 Å². The van der Waals surface area contributed by atoms with Crippen molar-refractivity contribution < 1.29 is 4.79 Å². The van der Waals surface area contributed by atoms with Gasteiger partial charge in [0, 0.05) is 15.9 Å². The third-order valence-electron chi connectivity index (χ3n) is 4.32. The Labute approximate surface area is 135 Å². The molecule has 3 nitrogen and oxygen atoms in total. The molecular formula is C17H25BrN2O. The van der Waals surface area contributed by atoms with Crippen molar-refractivity contribution in [2.24, 2.45) is 17.6 Å². The maximum absolute atomic E-state index is 12.5. The largest absolute Gasteiger partial charge is 0.351 e. The van der Waals surface area contributed by atoms with Gasteiger partial charge >= 0.3 is 0 Å². The molecule has 3 N–H and O–H groups in total. The van der Waals surface area contributed by atoms with E-state index in [4.69, 9.17) is 5.73 Å². The van der Waals surface area contributed by atoms with Gasteiger partial charge in [0.15, 0.2) is 0 Å². The average molecular weight is 353 g/mol. The van der Waals surface area contributed by atoms with Crippen molar-refractivity contribution in [2.45, 2.75) is 45.1 Å². The van der Waals surface area contributed by atoms with Crippen LogP contribution < -0.4 is 11.1 Å². The van der Waals surface area contributed by atoms with E-state index < -0.39 is 0 Å². The van der Waals surface area contributed by atoms with Gasteiger partial charge in [-0.05, 0) is 63.3 Å². The Morgan fingerprint density at radius 1 is 1.33 bits per heavy atom. The zero-order chi connectivity index (χ0) is 15.5. The van der Waals surface area contributed by atoms with Crippen LogP contribution in [0.3, 0.4) is 0 Å². The second-order valence-electron chi connectivity index (χ2n) is 6.71. The highest BCUT2D eigenvalue weighted by Gasteiger charge is 2.34. The van der Waals surface area contributed by atoms with Crippen molar-refractivity contribution in [3.8, 4) is 0 Å². The summed E-state index contributed by atoms with van der Waals surface area (Å²) in [6.45, 7) is 4.78. The summed E-state index contributed by atoms with van der Waals surface area (Å²) in [4.78, 5) is 12.5. The van der Waals surface area contributed by atoms with Crippen LogP contribution in [0.4, 0.5) is 0 Å². The molecule has 116 valence electrons. The number of hydrogen-bond acceptors (Lipinski definition) is 2. The van der Waals surface area contributed by atoms with Gasteiger partial charge in [-0.2, -0.15) is 0 Å². The van der Waals surface area contributed by atoms with Gasteiger partial charge in [-0.1, -0.05) is 34.5 Å². The third kappa shape index (κ3) is 4.55. The molecular weight excluding hydrogens is 328 g/mol. The Bertz CT molecular complexity index is 484. The van der Waals surface area contributed by atoms with E-state index in [-0.39, 0.29) is 17.4 Å². The molecule has 1 aliphatic rings. The molecule has 0 bridgehead atoms. The van der Waals surface area contributed by atoms with Crippen molar-refractivity contribution in [1.29, 1.82) is 0 Å². The van der Waals surface area contributed by atoms with Crippen LogP contribution >= 0.6 is 15.9 Å². The van der Waals surface area contributed by atoms with E-state index in [1.807, 2.05) is 12.1 Å². The molecule has 2 rings (SSSR count). The first-order valence-corrected chi connectivity index (χ1v) is 8.47. The van der Waals surface area contributed by atoms with Crippen LogP contribution in [0.5, 0.6) is 0 Å². The summed E-state index contributed by atoms with van der Waals surface area (Å²) in [5.74, 6) is 0.623. The summed E-state index contributed by atoms with van der Waals surface area (Å²) in [6.07, 6.45) is 4.00. The number of halogens is 1. The lowest BCUT2D eigenvalue weighted by Crippen LogP contribution is -2.48. The van der Waals surface area contributed by atoms with Crippen molar-refractivity contribution in [2.75, 3.05) is 6.54 Å². The van der Waals surface area contributed by atoms with Crippen LogP contribution in [-0.2, 0) is 11.2 Å². The van der Waals surface area contributed by atoms with Gasteiger partial charge in [-0.25, -0.2) is 0 Å². The number of nitrogens with two attached hydrogens (primary N) is 1. The predicted molar refractivity (Wildman–Crippen MR) is 90.0 cm³/mol. The molecule has 0 aromatic heterocycles. The van der Waals surface area contributed by atoms with E-state index in [0.717, 1.165) is 30.2 Å². The molecule has 0 radical (unpaired) electrons. The molecule has 0 heterocycles. The summed E-state index contributed by atoms with van der Waals surface area (Å²) >= 11 is 3.44. The lowest BCUT2D eigenvalue weighted by Gasteiger charge is -2.29. The highest BCUT2D eigenvalue weighted by Crippen LogP contribution is 2.31. The number of amides is 1. The lowest BCUT2D eigenvalue weighted by atomic mass is 9.91. The SMILES string of the molecule is CC(C)(Cc1ccc(Br)cc1)NC(=O)[C@@H]1CCC[C@@H]1CN. The average Bonchev–Trinajstić information content (AvgIpc) is 2.89. The number of hydrogen-bond donors (Lipinski definition) is 2. The fourth-order valence-corrected chi connectivity index (χ4v) is 3.51. The lowest BCUT2D eigenvalue weighted by molar-refractivity contribution is -0.127. The molecule has 1 amide bonds. The van der Waals surface area contributed by atoms with Crippen LogP contribution in [-0.4, -0.2) is 18.0 Å². The zero-order valence-electron chi connectivity index (χ0n) is 12.9. The first-order valence-electron chi connectivity index (χ1n) is 7.68. The molecule has 1 aromatic rings. The molecule has 0 saturated heterocycles. The summed E-state index contributed by atoms with van der Waals surface area (Å²) < 4.78 is 1.07. The Morgan fingerprint density at radius 3 is 2.62 bits per heavy atom. The molecule has 0 aliphatic heterocycles. The van der Waals surface area contributed by atoms with Crippen LogP contribution in [0.25, 0.3) is 0 Å². The van der Waals surface area contributed by atoms with Crippen LogP contribution in [0.1, 0.15) is 38.7 Å². The number of rotatable bonds is 5. The molecule has 1 saturated carbocycles. The van der Waals surface area contributed by atoms with Crippen molar-refractivity contribution in [3.63, 3.8) is 0 Å². The maximum Gasteiger partial charge on any atom is 0.223 e. The van der Waals surface area contributed by atoms with Crippen molar-refractivity contribution in [1.82, 2.24) is 5.32 Å². The predicted octanol–water partition coefficient (Wildman–Crippen LogP) is 3.26. The number of nitrogens with one attached hydrogen (secondary N) is 1. The minimum atomic E-state index is -0.243. The van der Waals surface area contributed by atoms with Gasteiger partial charge in [0.25, 0.3) is 0 Å². The van der Waals surface area contributed by atoms with E-state index in [1.165, 1.54) is 5.56 Å². The van der Waals surface area contributed by atoms with E-state index in [0.29, 0.717) is 12.5 Å². The molecule has 2 atom stereocenters. The highest BCUT2D eigenvalue weighted by molar-refractivity contribution is 9.10. The summed E-state index contributed by atoms with van der Waals surface area (Å²) in [7, 11) is 0. The van der Waals surface area contributed by atoms with Gasteiger partial charge in [-0.3, -0.25) is 4.79 Å². The molecule has 0 unspecified atom stereocenters. The molecule has 1 aliphatic carbocycles. The minimum Gasteiger partial charge on any atom is -0.351 e. The molecule has 0 spiro atoms. The zero-order valence-corrected chi connectivity index (χ0v) is 14.4. The van der Waals surface area contributed by atoms with Gasteiger partial charge in [0.05, 0.1) is 0 Å². The minimum absolute atomic E-state index is 0.0965. The van der Waals surface area contributed by atoms with Gasteiger partial charge < -0.3 is 11.1 Å². The Morgan fingerprint density at radius 2 is 2.00 bits per heavy atom. The first-order chi connectivity index (χ1) is 9.91. The molecule has 21 heavy (non-hydrogen) atoms. The smallest absolute Gasteiger partial charge is 0.223 e. The Balaban J connectivity index is 1.96. The van der Waals surface area contributed by atoms with Gasteiger partial charge in [0.1, 0.15) is 0 Å². The quantitative estimate of drug-likeness (QED) is 0.854. The van der Waals surface area contributed by atoms with Crippen LogP contribution in [0.2, 0.25) is 0 Å². The fourth-order valence-electron chi connectivity index (χ4n) is 3.25. The molecule has 1 aromatic carbocycles. The van der Waals surface area contributed by atoms with E-state index in [1.54, 1.807) is 0 Å². The summed E-state index contributed by atoms with van der Waals surface area (Å²) in [5.41, 5.74) is 6.76. The Kier molecular flexibility index (Phi) is 5.44. The van der Waals surface area contributed by atoms with Crippen LogP contribution in [0, 0.1) is 11.8 Å². The second-order valence-corrected chi connectivity index (χ2v) is 7.63. The van der Waals surface area contributed by atoms with Gasteiger partial charge in [-0.15, -0.1) is 0 Å². The molecule has 1 fully saturated rings. The topological polar surface area (TPSA) is 55.1 Å².